The number of phenols is 1. The largest absolute Gasteiger partial charge is 0.508 e. The van der Waals surface area contributed by atoms with Crippen molar-refractivity contribution in [3.8, 4) is 11.6 Å². The third-order valence-electron chi connectivity index (χ3n) is 10.1. The van der Waals surface area contributed by atoms with Crippen LogP contribution in [0.1, 0.15) is 82.4 Å². The molecule has 4 nitrogen and oxygen atoms in total. The minimum absolute atomic E-state index is 0.420. The lowest BCUT2D eigenvalue weighted by Crippen LogP contribution is -2.45. The highest BCUT2D eigenvalue weighted by molar-refractivity contribution is 5.40. The molecule has 0 aliphatic heterocycles. The van der Waals surface area contributed by atoms with Crippen LogP contribution in [0.25, 0.3) is 0 Å². The number of aromatic hydroxyl groups is 1. The Balaban J connectivity index is 1.20. The van der Waals surface area contributed by atoms with Crippen molar-refractivity contribution in [1.29, 1.82) is 0 Å². The standard InChI is InChI=1S/C31H44N2O2/c1-5-33(6-2)20-22-7-12-29(32-19-22)35-16-14-24-8-11-28-30-21(3)17-23-18-25(34)9-10-26(23)27(30)13-15-31(24,28)4/h7,9-10,12,18-19,21,24,27-28,30,34H,5-6,8,11,13-17,20H2,1-4H3/t21-,24-,27?,28?,30?,31-/m1/s1. The number of pyridine rings is 1. The van der Waals surface area contributed by atoms with E-state index in [1.807, 2.05) is 24.4 Å². The van der Waals surface area contributed by atoms with Crippen LogP contribution in [0.2, 0.25) is 0 Å². The van der Waals surface area contributed by atoms with Crippen LogP contribution in [0.15, 0.2) is 36.5 Å². The molecule has 2 fully saturated rings. The van der Waals surface area contributed by atoms with Crippen molar-refractivity contribution in [3.63, 3.8) is 0 Å². The molecule has 0 saturated heterocycles. The molecular weight excluding hydrogens is 432 g/mol. The molecule has 0 spiro atoms. The molecule has 0 bridgehead atoms. The van der Waals surface area contributed by atoms with Gasteiger partial charge in [0.15, 0.2) is 0 Å². The molecule has 2 saturated carbocycles. The predicted molar refractivity (Wildman–Crippen MR) is 142 cm³/mol. The normalized spacial score (nSPS) is 31.6. The first-order valence-electron chi connectivity index (χ1n) is 14.0. The molecule has 4 heteroatoms. The van der Waals surface area contributed by atoms with Crippen molar-refractivity contribution < 1.29 is 9.84 Å². The van der Waals surface area contributed by atoms with Gasteiger partial charge in [0, 0.05) is 18.8 Å². The summed E-state index contributed by atoms with van der Waals surface area (Å²) in [4.78, 5) is 6.99. The molecule has 0 amide bonds. The maximum absolute atomic E-state index is 10.0. The average molecular weight is 477 g/mol. The van der Waals surface area contributed by atoms with Gasteiger partial charge in [0.2, 0.25) is 5.88 Å². The Bertz CT molecular complexity index is 1000. The van der Waals surface area contributed by atoms with E-state index < -0.39 is 0 Å². The van der Waals surface area contributed by atoms with Gasteiger partial charge in [-0.25, -0.2) is 4.98 Å². The van der Waals surface area contributed by atoms with Gasteiger partial charge in [-0.2, -0.15) is 0 Å². The van der Waals surface area contributed by atoms with E-state index in [-0.39, 0.29) is 0 Å². The first-order valence-corrected chi connectivity index (χ1v) is 14.0. The molecule has 5 rings (SSSR count). The highest BCUT2D eigenvalue weighted by atomic mass is 16.5. The fourth-order valence-corrected chi connectivity index (χ4v) is 8.15. The van der Waals surface area contributed by atoms with Crippen molar-refractivity contribution in [3.05, 3.63) is 53.2 Å². The summed E-state index contributed by atoms with van der Waals surface area (Å²) in [5, 5.41) is 10.0. The summed E-state index contributed by atoms with van der Waals surface area (Å²) in [6.45, 7) is 13.3. The minimum Gasteiger partial charge on any atom is -0.508 e. The van der Waals surface area contributed by atoms with Crippen LogP contribution in [-0.4, -0.2) is 34.7 Å². The van der Waals surface area contributed by atoms with Gasteiger partial charge in [-0.15, -0.1) is 0 Å². The first-order chi connectivity index (χ1) is 16.9. The van der Waals surface area contributed by atoms with E-state index in [0.717, 1.165) is 62.7 Å². The Morgan fingerprint density at radius 3 is 2.69 bits per heavy atom. The molecule has 35 heavy (non-hydrogen) atoms. The smallest absolute Gasteiger partial charge is 0.213 e. The second kappa shape index (κ2) is 10.1. The molecule has 1 N–H and O–H groups in total. The summed E-state index contributed by atoms with van der Waals surface area (Å²) in [5.74, 6) is 4.86. The van der Waals surface area contributed by atoms with E-state index in [9.17, 15) is 5.11 Å². The van der Waals surface area contributed by atoms with Gasteiger partial charge in [0.25, 0.3) is 0 Å². The maximum Gasteiger partial charge on any atom is 0.213 e. The van der Waals surface area contributed by atoms with Crippen molar-refractivity contribution >= 4 is 0 Å². The van der Waals surface area contributed by atoms with Crippen molar-refractivity contribution in [2.45, 2.75) is 78.7 Å². The molecule has 0 radical (unpaired) electrons. The van der Waals surface area contributed by atoms with Gasteiger partial charge in [0.1, 0.15) is 5.75 Å². The number of ether oxygens (including phenoxy) is 1. The fraction of sp³-hybridized carbons (Fsp3) is 0.645. The molecule has 3 aliphatic rings. The summed E-state index contributed by atoms with van der Waals surface area (Å²) in [5.41, 5.74) is 4.59. The summed E-state index contributed by atoms with van der Waals surface area (Å²) in [7, 11) is 0. The average Bonchev–Trinajstić information content (AvgIpc) is 3.19. The van der Waals surface area contributed by atoms with Gasteiger partial charge in [0.05, 0.1) is 6.61 Å². The van der Waals surface area contributed by atoms with Crippen LogP contribution in [0.4, 0.5) is 0 Å². The highest BCUT2D eigenvalue weighted by Gasteiger charge is 2.55. The Kier molecular flexibility index (Phi) is 7.12. The lowest BCUT2D eigenvalue weighted by Gasteiger charge is -2.53. The van der Waals surface area contributed by atoms with Crippen molar-refractivity contribution in [1.82, 2.24) is 9.88 Å². The molecule has 2 aromatic rings. The number of aromatic nitrogens is 1. The van der Waals surface area contributed by atoms with Gasteiger partial charge >= 0.3 is 0 Å². The van der Waals surface area contributed by atoms with E-state index in [0.29, 0.717) is 23.0 Å². The predicted octanol–water partition coefficient (Wildman–Crippen LogP) is 6.82. The lowest BCUT2D eigenvalue weighted by atomic mass is 9.51. The van der Waals surface area contributed by atoms with E-state index in [1.165, 1.54) is 42.4 Å². The maximum atomic E-state index is 10.0. The van der Waals surface area contributed by atoms with E-state index >= 15 is 0 Å². The van der Waals surface area contributed by atoms with Crippen LogP contribution in [0.5, 0.6) is 11.6 Å². The van der Waals surface area contributed by atoms with Gasteiger partial charge in [-0.3, -0.25) is 4.90 Å². The molecule has 190 valence electrons. The topological polar surface area (TPSA) is 45.6 Å². The third-order valence-corrected chi connectivity index (χ3v) is 10.1. The molecular formula is C31H44N2O2. The number of nitrogens with zero attached hydrogens (tertiary/aromatic N) is 2. The lowest BCUT2D eigenvalue weighted by molar-refractivity contribution is 0.000805. The van der Waals surface area contributed by atoms with Crippen molar-refractivity contribution in [2.75, 3.05) is 19.7 Å². The zero-order valence-corrected chi connectivity index (χ0v) is 22.2. The number of phenolic OH excluding ortho intramolecular Hbond substituents is 1. The zero-order chi connectivity index (χ0) is 24.6. The van der Waals surface area contributed by atoms with Gasteiger partial charge in [-0.05, 0) is 115 Å². The molecule has 3 unspecified atom stereocenters. The molecule has 3 aliphatic carbocycles. The van der Waals surface area contributed by atoms with E-state index in [1.54, 1.807) is 0 Å². The third kappa shape index (κ3) is 4.71. The number of benzene rings is 1. The number of hydrogen-bond acceptors (Lipinski definition) is 4. The monoisotopic (exact) mass is 476 g/mol. The van der Waals surface area contributed by atoms with E-state index in [4.69, 9.17) is 4.74 Å². The van der Waals surface area contributed by atoms with Gasteiger partial charge in [-0.1, -0.05) is 39.8 Å². The van der Waals surface area contributed by atoms with Crippen LogP contribution in [0, 0.1) is 29.1 Å². The number of rotatable bonds is 8. The van der Waals surface area contributed by atoms with Crippen molar-refractivity contribution in [2.24, 2.45) is 29.1 Å². The van der Waals surface area contributed by atoms with Gasteiger partial charge < -0.3 is 9.84 Å². The Morgan fingerprint density at radius 1 is 1.11 bits per heavy atom. The number of hydrogen-bond donors (Lipinski definition) is 1. The summed E-state index contributed by atoms with van der Waals surface area (Å²) >= 11 is 0. The Hall–Kier alpha value is -2.07. The molecule has 6 atom stereocenters. The first kappa shape index (κ1) is 24.6. The quantitative estimate of drug-likeness (QED) is 0.454. The Morgan fingerprint density at radius 2 is 1.94 bits per heavy atom. The Labute approximate surface area is 212 Å². The summed E-state index contributed by atoms with van der Waals surface area (Å²) in [6, 6.07) is 10.4. The van der Waals surface area contributed by atoms with Crippen LogP contribution in [0.3, 0.4) is 0 Å². The SMILES string of the molecule is CCN(CC)Cc1ccc(OCC[C@H]2CCC3C4C(CC[C@@]32C)c2ccc(O)cc2C[C@H]4C)nc1. The van der Waals surface area contributed by atoms with Crippen LogP contribution in [-0.2, 0) is 13.0 Å². The molecule has 1 aromatic heterocycles. The summed E-state index contributed by atoms with van der Waals surface area (Å²) in [6.07, 6.45) is 9.51. The highest BCUT2D eigenvalue weighted by Crippen LogP contribution is 2.64. The van der Waals surface area contributed by atoms with E-state index in [2.05, 4.69) is 49.7 Å². The van der Waals surface area contributed by atoms with Crippen LogP contribution < -0.4 is 4.74 Å². The second-order valence-corrected chi connectivity index (χ2v) is 11.8. The zero-order valence-electron chi connectivity index (χ0n) is 22.2. The number of fused-ring (bicyclic) bond motifs is 5. The molecule has 1 aromatic carbocycles. The second-order valence-electron chi connectivity index (χ2n) is 11.8. The van der Waals surface area contributed by atoms with Crippen LogP contribution >= 0.6 is 0 Å². The minimum atomic E-state index is 0.420. The fourth-order valence-electron chi connectivity index (χ4n) is 8.15. The summed E-state index contributed by atoms with van der Waals surface area (Å²) < 4.78 is 6.14. The molecule has 1 heterocycles.